The second-order valence-electron chi connectivity index (χ2n) is 4.34. The number of hydrogen-bond donors (Lipinski definition) is 0. The Bertz CT molecular complexity index is 451. The van der Waals surface area contributed by atoms with E-state index in [9.17, 15) is 4.79 Å². The van der Waals surface area contributed by atoms with Gasteiger partial charge in [0.05, 0.1) is 4.99 Å². The molecule has 0 aliphatic carbocycles. The second kappa shape index (κ2) is 3.14. The van der Waals surface area contributed by atoms with E-state index in [1.54, 1.807) is 11.9 Å². The molecule has 1 amide bonds. The molecule has 1 aliphatic rings. The predicted molar refractivity (Wildman–Crippen MR) is 64.2 cm³/mol. The Morgan fingerprint density at radius 3 is 2.53 bits per heavy atom. The molecule has 0 unspecified atom stereocenters. The molecule has 0 bridgehead atoms. The molecule has 1 aromatic carbocycles. The second-order valence-corrected chi connectivity index (χ2v) is 4.73. The van der Waals surface area contributed by atoms with Gasteiger partial charge < -0.3 is 4.90 Å². The van der Waals surface area contributed by atoms with E-state index >= 15 is 0 Å². The van der Waals surface area contributed by atoms with Crippen LogP contribution in [0.1, 0.15) is 29.8 Å². The standard InChI is InChI=1S/C12H13NOS/c1-12(2)9-7-5-4-6-8(9)10(14)13(3)11(12)15/h4-7H,1-3H3. The molecule has 2 nitrogen and oxygen atoms in total. The van der Waals surface area contributed by atoms with Gasteiger partial charge in [-0.05, 0) is 25.5 Å². The van der Waals surface area contributed by atoms with Gasteiger partial charge in [-0.3, -0.25) is 4.79 Å². The van der Waals surface area contributed by atoms with Crippen molar-refractivity contribution in [3.05, 3.63) is 35.4 Å². The zero-order valence-corrected chi connectivity index (χ0v) is 9.89. The van der Waals surface area contributed by atoms with Crippen molar-refractivity contribution in [1.29, 1.82) is 0 Å². The Labute approximate surface area is 94.9 Å². The lowest BCUT2D eigenvalue weighted by Gasteiger charge is -2.38. The number of carbonyl (C=O) groups is 1. The van der Waals surface area contributed by atoms with Gasteiger partial charge in [0.25, 0.3) is 5.91 Å². The molecule has 0 spiro atoms. The lowest BCUT2D eigenvalue weighted by Crippen LogP contribution is -2.48. The molecular weight excluding hydrogens is 206 g/mol. The minimum atomic E-state index is -0.241. The molecular formula is C12H13NOS. The van der Waals surface area contributed by atoms with Crippen LogP contribution in [0.15, 0.2) is 24.3 Å². The summed E-state index contributed by atoms with van der Waals surface area (Å²) in [6.07, 6.45) is 0. The number of rotatable bonds is 0. The molecule has 0 N–H and O–H groups in total. The van der Waals surface area contributed by atoms with Crippen molar-refractivity contribution in [3.63, 3.8) is 0 Å². The first-order valence-electron chi connectivity index (χ1n) is 4.88. The van der Waals surface area contributed by atoms with Gasteiger partial charge in [0.2, 0.25) is 0 Å². The normalized spacial score (nSPS) is 19.0. The lowest BCUT2D eigenvalue weighted by molar-refractivity contribution is 0.0856. The highest BCUT2D eigenvalue weighted by Gasteiger charge is 2.39. The summed E-state index contributed by atoms with van der Waals surface area (Å²) in [6, 6.07) is 7.67. The van der Waals surface area contributed by atoms with Gasteiger partial charge in [-0.25, -0.2) is 0 Å². The third kappa shape index (κ3) is 1.30. The number of hydrogen-bond acceptors (Lipinski definition) is 2. The molecule has 0 radical (unpaired) electrons. The van der Waals surface area contributed by atoms with Crippen molar-refractivity contribution in [3.8, 4) is 0 Å². The number of fused-ring (bicyclic) bond motifs is 1. The fourth-order valence-electron chi connectivity index (χ4n) is 2.02. The maximum Gasteiger partial charge on any atom is 0.258 e. The molecule has 0 aromatic heterocycles. The summed E-state index contributed by atoms with van der Waals surface area (Å²) in [5, 5.41) is 0. The number of nitrogens with zero attached hydrogens (tertiary/aromatic N) is 1. The first kappa shape index (κ1) is 10.3. The van der Waals surface area contributed by atoms with Gasteiger partial charge in [-0.15, -0.1) is 0 Å². The van der Waals surface area contributed by atoms with E-state index in [1.165, 1.54) is 0 Å². The van der Waals surface area contributed by atoms with Crippen molar-refractivity contribution >= 4 is 23.1 Å². The summed E-state index contributed by atoms with van der Waals surface area (Å²) in [4.78, 5) is 14.2. The average Bonchev–Trinajstić information content (AvgIpc) is 2.24. The van der Waals surface area contributed by atoms with Crippen LogP contribution in [0.25, 0.3) is 0 Å². The summed E-state index contributed by atoms with van der Waals surface area (Å²) < 4.78 is 0. The van der Waals surface area contributed by atoms with E-state index in [4.69, 9.17) is 12.2 Å². The summed E-state index contributed by atoms with van der Waals surface area (Å²) in [5.74, 6) is -0.00470. The average molecular weight is 219 g/mol. The number of thiocarbonyl (C=S) groups is 1. The Morgan fingerprint density at radius 2 is 1.87 bits per heavy atom. The monoisotopic (exact) mass is 219 g/mol. The van der Waals surface area contributed by atoms with Gasteiger partial charge in [0.1, 0.15) is 0 Å². The first-order valence-corrected chi connectivity index (χ1v) is 5.29. The Hall–Kier alpha value is -1.22. The van der Waals surface area contributed by atoms with E-state index in [2.05, 4.69) is 13.8 Å². The maximum atomic E-state index is 12.0. The quantitative estimate of drug-likeness (QED) is 0.624. The molecule has 2 rings (SSSR count). The zero-order valence-electron chi connectivity index (χ0n) is 9.07. The predicted octanol–water partition coefficient (Wildman–Crippen LogP) is 2.38. The van der Waals surface area contributed by atoms with Crippen LogP contribution in [0.2, 0.25) is 0 Å². The summed E-state index contributed by atoms with van der Waals surface area (Å²) in [7, 11) is 1.74. The van der Waals surface area contributed by atoms with Crippen LogP contribution in [0, 0.1) is 0 Å². The molecule has 0 saturated carbocycles. The molecule has 3 heteroatoms. The van der Waals surface area contributed by atoms with Crippen LogP contribution in [-0.4, -0.2) is 22.8 Å². The SMILES string of the molecule is CN1C(=O)c2ccccc2C(C)(C)C1=S. The van der Waals surface area contributed by atoms with Crippen molar-refractivity contribution in [2.45, 2.75) is 19.3 Å². The lowest BCUT2D eigenvalue weighted by atomic mass is 9.78. The molecule has 0 atom stereocenters. The van der Waals surface area contributed by atoms with Crippen LogP contribution in [-0.2, 0) is 5.41 Å². The topological polar surface area (TPSA) is 20.3 Å². The Kier molecular flexibility index (Phi) is 2.15. The minimum absolute atomic E-state index is 0.00470. The molecule has 15 heavy (non-hydrogen) atoms. The van der Waals surface area contributed by atoms with Gasteiger partial charge in [0, 0.05) is 18.0 Å². The summed E-state index contributed by atoms with van der Waals surface area (Å²) in [6.45, 7) is 4.11. The molecule has 0 fully saturated rings. The minimum Gasteiger partial charge on any atom is -0.305 e. The smallest absolute Gasteiger partial charge is 0.258 e. The summed E-state index contributed by atoms with van der Waals surface area (Å²) >= 11 is 5.32. The Balaban J connectivity index is 2.72. The van der Waals surface area contributed by atoms with E-state index in [0.29, 0.717) is 4.99 Å². The fraction of sp³-hybridized carbons (Fsp3) is 0.333. The zero-order chi connectivity index (χ0) is 11.2. The maximum absolute atomic E-state index is 12.0. The van der Waals surface area contributed by atoms with Gasteiger partial charge >= 0.3 is 0 Å². The molecule has 1 aromatic rings. The molecule has 1 aliphatic heterocycles. The van der Waals surface area contributed by atoms with Crippen molar-refractivity contribution in [2.75, 3.05) is 7.05 Å². The van der Waals surface area contributed by atoms with Crippen LogP contribution >= 0.6 is 12.2 Å². The number of likely N-dealkylation sites (N-methyl/N-ethyl adjacent to an activating group) is 1. The van der Waals surface area contributed by atoms with Crippen LogP contribution in [0.4, 0.5) is 0 Å². The highest BCUT2D eigenvalue weighted by atomic mass is 32.1. The van der Waals surface area contributed by atoms with E-state index in [0.717, 1.165) is 11.1 Å². The van der Waals surface area contributed by atoms with Gasteiger partial charge in [-0.2, -0.15) is 0 Å². The van der Waals surface area contributed by atoms with E-state index in [1.807, 2.05) is 24.3 Å². The fourth-order valence-corrected chi connectivity index (χ4v) is 2.21. The van der Waals surface area contributed by atoms with Crippen LogP contribution in [0.3, 0.4) is 0 Å². The van der Waals surface area contributed by atoms with Crippen LogP contribution < -0.4 is 0 Å². The number of amides is 1. The third-order valence-corrected chi connectivity index (χ3v) is 3.76. The van der Waals surface area contributed by atoms with Crippen molar-refractivity contribution in [2.24, 2.45) is 0 Å². The third-order valence-electron chi connectivity index (χ3n) is 2.97. The van der Waals surface area contributed by atoms with E-state index in [-0.39, 0.29) is 11.3 Å². The van der Waals surface area contributed by atoms with Gasteiger partial charge in [-0.1, -0.05) is 30.4 Å². The van der Waals surface area contributed by atoms with Crippen molar-refractivity contribution in [1.82, 2.24) is 4.90 Å². The highest BCUT2D eigenvalue weighted by Crippen LogP contribution is 2.34. The Morgan fingerprint density at radius 1 is 1.27 bits per heavy atom. The first-order chi connectivity index (χ1) is 6.96. The number of carbonyl (C=O) groups excluding carboxylic acids is 1. The largest absolute Gasteiger partial charge is 0.305 e. The molecule has 78 valence electrons. The molecule has 1 heterocycles. The van der Waals surface area contributed by atoms with Gasteiger partial charge in [0.15, 0.2) is 0 Å². The number of benzene rings is 1. The van der Waals surface area contributed by atoms with E-state index < -0.39 is 0 Å². The summed E-state index contributed by atoms with van der Waals surface area (Å²) in [5.41, 5.74) is 1.55. The molecule has 0 saturated heterocycles. The van der Waals surface area contributed by atoms with Crippen LogP contribution in [0.5, 0.6) is 0 Å². The highest BCUT2D eigenvalue weighted by molar-refractivity contribution is 7.80. The van der Waals surface area contributed by atoms with Crippen molar-refractivity contribution < 1.29 is 4.79 Å².